The van der Waals surface area contributed by atoms with Crippen LogP contribution in [0.3, 0.4) is 0 Å². The Hall–Kier alpha value is -2.83. The average Bonchev–Trinajstić information content (AvgIpc) is 2.57. The van der Waals surface area contributed by atoms with Crippen molar-refractivity contribution in [2.24, 2.45) is 5.11 Å². The molecule has 2 N–H and O–H groups in total. The summed E-state index contributed by atoms with van der Waals surface area (Å²) in [5.41, 5.74) is 9.64. The molecule has 2 rings (SSSR count). The lowest BCUT2D eigenvalue weighted by Gasteiger charge is -2.08. The molecule has 0 spiro atoms. The zero-order chi connectivity index (χ0) is 16.7. The van der Waals surface area contributed by atoms with Gasteiger partial charge in [-0.15, -0.1) is 0 Å². The lowest BCUT2D eigenvalue weighted by Crippen LogP contribution is -2.04. The number of hydrogen-bond donors (Lipinski definition) is 2. The third kappa shape index (κ3) is 5.14. The predicted octanol–water partition coefficient (Wildman–Crippen LogP) is 4.10. The van der Waals surface area contributed by atoms with Gasteiger partial charge in [0.15, 0.2) is 5.82 Å². The second-order valence-electron chi connectivity index (χ2n) is 5.14. The Balaban J connectivity index is 1.97. The number of anilines is 1. The maximum Gasteiger partial charge on any atom is 0.316 e. The number of aromatic nitrogens is 2. The molecule has 0 bridgehead atoms. The minimum absolute atomic E-state index is 0.00596. The van der Waals surface area contributed by atoms with Gasteiger partial charge in [0.25, 0.3) is 0 Å². The van der Waals surface area contributed by atoms with E-state index in [1.165, 1.54) is 5.56 Å². The summed E-state index contributed by atoms with van der Waals surface area (Å²) in [4.78, 5) is 7.35. The van der Waals surface area contributed by atoms with Crippen LogP contribution in [0.5, 0.6) is 6.01 Å². The topological polar surface area (TPSA) is 83.2 Å². The van der Waals surface area contributed by atoms with Gasteiger partial charge in [-0.2, -0.15) is 5.11 Å². The third-order valence-corrected chi connectivity index (χ3v) is 3.05. The van der Waals surface area contributed by atoms with Gasteiger partial charge in [-0.3, -0.25) is 0 Å². The Labute approximate surface area is 133 Å². The Morgan fingerprint density at radius 1 is 1.39 bits per heavy atom. The smallest absolute Gasteiger partial charge is 0.316 e. The van der Waals surface area contributed by atoms with Crippen molar-refractivity contribution in [3.05, 3.63) is 59.9 Å². The molecule has 0 unspecified atom stereocenters. The van der Waals surface area contributed by atoms with Crippen molar-refractivity contribution < 1.29 is 9.13 Å². The SMILES string of the molecule is CC(C)c1cccc(N/C=C(/COc2ncc(F)cn2)N=N)c1. The number of rotatable bonds is 7. The molecule has 0 atom stereocenters. The molecule has 0 fully saturated rings. The summed E-state index contributed by atoms with van der Waals surface area (Å²) in [6, 6.07) is 8.01. The highest BCUT2D eigenvalue weighted by Gasteiger charge is 2.03. The summed E-state index contributed by atoms with van der Waals surface area (Å²) in [7, 11) is 0. The minimum atomic E-state index is -0.537. The number of ether oxygens (including phenoxy) is 1. The first-order chi connectivity index (χ1) is 11.1. The molecule has 0 aliphatic carbocycles. The quantitative estimate of drug-likeness (QED) is 0.753. The van der Waals surface area contributed by atoms with Gasteiger partial charge in [0.05, 0.1) is 12.4 Å². The van der Waals surface area contributed by atoms with Crippen molar-refractivity contribution >= 4 is 5.69 Å². The summed E-state index contributed by atoms with van der Waals surface area (Å²) in [6.45, 7) is 4.25. The summed E-state index contributed by atoms with van der Waals surface area (Å²) in [5.74, 6) is -0.106. The average molecular weight is 315 g/mol. The van der Waals surface area contributed by atoms with E-state index in [0.717, 1.165) is 18.1 Å². The van der Waals surface area contributed by atoms with Gasteiger partial charge in [-0.05, 0) is 23.6 Å². The first-order valence-electron chi connectivity index (χ1n) is 7.12. The van der Waals surface area contributed by atoms with E-state index in [4.69, 9.17) is 10.3 Å². The van der Waals surface area contributed by atoms with E-state index in [2.05, 4.69) is 40.3 Å². The fraction of sp³-hybridized carbons (Fsp3) is 0.250. The molecular weight excluding hydrogens is 297 g/mol. The molecule has 0 amide bonds. The third-order valence-electron chi connectivity index (χ3n) is 3.05. The van der Waals surface area contributed by atoms with E-state index >= 15 is 0 Å². The largest absolute Gasteiger partial charge is 0.457 e. The molecule has 6 nitrogen and oxygen atoms in total. The summed E-state index contributed by atoms with van der Waals surface area (Å²) < 4.78 is 18.0. The fourth-order valence-electron chi connectivity index (χ4n) is 1.77. The van der Waals surface area contributed by atoms with E-state index in [-0.39, 0.29) is 12.6 Å². The molecular formula is C16H18FN5O. The van der Waals surface area contributed by atoms with Crippen molar-refractivity contribution in [3.63, 3.8) is 0 Å². The van der Waals surface area contributed by atoms with Gasteiger partial charge in [0.1, 0.15) is 12.3 Å². The molecule has 2 aromatic rings. The maximum atomic E-state index is 12.7. The van der Waals surface area contributed by atoms with Gasteiger partial charge in [-0.1, -0.05) is 26.0 Å². The molecule has 0 saturated carbocycles. The van der Waals surface area contributed by atoms with E-state index in [0.29, 0.717) is 11.6 Å². The number of hydrogen-bond acceptors (Lipinski definition) is 6. The molecule has 0 radical (unpaired) electrons. The molecule has 1 aromatic heterocycles. The molecule has 0 aliphatic rings. The Bertz CT molecular complexity index is 685. The van der Waals surface area contributed by atoms with Crippen LogP contribution in [0.2, 0.25) is 0 Å². The van der Waals surface area contributed by atoms with Gasteiger partial charge in [0.2, 0.25) is 0 Å². The van der Waals surface area contributed by atoms with Crippen LogP contribution in [0.15, 0.2) is 53.7 Å². The van der Waals surface area contributed by atoms with Gasteiger partial charge in [0, 0.05) is 11.9 Å². The first kappa shape index (κ1) is 16.5. The highest BCUT2D eigenvalue weighted by atomic mass is 19.1. The molecule has 23 heavy (non-hydrogen) atoms. The van der Waals surface area contributed by atoms with Crippen LogP contribution in [0.25, 0.3) is 0 Å². The highest BCUT2D eigenvalue weighted by molar-refractivity contribution is 5.48. The zero-order valence-electron chi connectivity index (χ0n) is 13.0. The van der Waals surface area contributed by atoms with Gasteiger partial charge < -0.3 is 10.1 Å². The highest BCUT2D eigenvalue weighted by Crippen LogP contribution is 2.18. The van der Waals surface area contributed by atoms with Crippen LogP contribution in [0.4, 0.5) is 10.1 Å². The van der Waals surface area contributed by atoms with Crippen LogP contribution < -0.4 is 10.1 Å². The van der Waals surface area contributed by atoms with E-state index in [1.807, 2.05) is 18.2 Å². The Morgan fingerprint density at radius 2 is 2.13 bits per heavy atom. The number of halogens is 1. The van der Waals surface area contributed by atoms with Crippen LogP contribution in [-0.4, -0.2) is 16.6 Å². The van der Waals surface area contributed by atoms with E-state index < -0.39 is 5.82 Å². The summed E-state index contributed by atoms with van der Waals surface area (Å²) >= 11 is 0. The summed E-state index contributed by atoms with van der Waals surface area (Å²) in [5, 5.41) is 6.47. The lowest BCUT2D eigenvalue weighted by molar-refractivity contribution is 0.318. The van der Waals surface area contributed by atoms with E-state index in [9.17, 15) is 4.39 Å². The molecule has 120 valence electrons. The fourth-order valence-corrected chi connectivity index (χ4v) is 1.77. The molecule has 7 heteroatoms. The Morgan fingerprint density at radius 3 is 2.78 bits per heavy atom. The number of nitrogens with zero attached hydrogens (tertiary/aromatic N) is 3. The van der Waals surface area contributed by atoms with Crippen LogP contribution in [-0.2, 0) is 0 Å². The van der Waals surface area contributed by atoms with Crippen LogP contribution in [0, 0.1) is 11.3 Å². The van der Waals surface area contributed by atoms with Crippen LogP contribution in [0.1, 0.15) is 25.3 Å². The van der Waals surface area contributed by atoms with E-state index in [1.54, 1.807) is 6.20 Å². The zero-order valence-corrected chi connectivity index (χ0v) is 13.0. The van der Waals surface area contributed by atoms with Crippen molar-refractivity contribution in [2.45, 2.75) is 19.8 Å². The molecule has 1 heterocycles. The van der Waals surface area contributed by atoms with Gasteiger partial charge in [-0.25, -0.2) is 19.9 Å². The van der Waals surface area contributed by atoms with Gasteiger partial charge >= 0.3 is 6.01 Å². The second-order valence-corrected chi connectivity index (χ2v) is 5.14. The number of benzene rings is 1. The molecule has 1 aromatic carbocycles. The monoisotopic (exact) mass is 315 g/mol. The predicted molar refractivity (Wildman–Crippen MR) is 84.9 cm³/mol. The van der Waals surface area contributed by atoms with Crippen molar-refractivity contribution in [1.29, 1.82) is 5.53 Å². The second kappa shape index (κ2) is 7.98. The van der Waals surface area contributed by atoms with Crippen molar-refractivity contribution in [1.82, 2.24) is 9.97 Å². The normalized spacial score (nSPS) is 11.4. The molecule has 0 aliphatic heterocycles. The van der Waals surface area contributed by atoms with Crippen molar-refractivity contribution in [2.75, 3.05) is 11.9 Å². The van der Waals surface area contributed by atoms with Crippen molar-refractivity contribution in [3.8, 4) is 6.01 Å². The van der Waals surface area contributed by atoms with Crippen LogP contribution >= 0.6 is 0 Å². The minimum Gasteiger partial charge on any atom is -0.457 e. The lowest BCUT2D eigenvalue weighted by atomic mass is 10.0. The standard InChI is InChI=1S/C16H18FN5O/c1-11(2)12-4-3-5-14(6-12)19-9-15(22-18)10-23-16-20-7-13(17)8-21-16/h3-9,11,18-19H,10H2,1-2H3/b15-9-,22-18?. The number of nitrogens with one attached hydrogen (secondary N) is 2. The maximum absolute atomic E-state index is 12.7. The molecule has 0 saturated heterocycles. The Kier molecular flexibility index (Phi) is 5.74. The first-order valence-corrected chi connectivity index (χ1v) is 7.12. The summed E-state index contributed by atoms with van der Waals surface area (Å²) in [6.07, 6.45) is 3.61.